The maximum absolute atomic E-state index is 5.52. The average molecular weight is 198 g/mol. The average Bonchev–Trinajstić information content (AvgIpc) is 2.47. The molecule has 0 aromatic rings. The predicted molar refractivity (Wildman–Crippen MR) is 57.5 cm³/mol. The van der Waals surface area contributed by atoms with Crippen LogP contribution in [0.1, 0.15) is 26.7 Å². The summed E-state index contributed by atoms with van der Waals surface area (Å²) in [4.78, 5) is 2.61. The van der Waals surface area contributed by atoms with Crippen LogP contribution < -0.4 is 5.32 Å². The zero-order valence-corrected chi connectivity index (χ0v) is 9.38. The third-order valence-corrected chi connectivity index (χ3v) is 3.67. The largest absolute Gasteiger partial charge is 0.379 e. The normalized spacial score (nSPS) is 41.1. The molecule has 0 aromatic heterocycles. The number of ether oxygens (including phenoxy) is 1. The summed E-state index contributed by atoms with van der Waals surface area (Å²) in [6, 6.07) is 0.672. The highest BCUT2D eigenvalue weighted by atomic mass is 16.5. The fraction of sp³-hybridized carbons (Fsp3) is 1.00. The van der Waals surface area contributed by atoms with Crippen molar-refractivity contribution in [3.05, 3.63) is 0 Å². The Bertz CT molecular complexity index is 190. The molecular formula is C11H22N2O. The molecule has 3 nitrogen and oxygen atoms in total. The zero-order valence-electron chi connectivity index (χ0n) is 9.38. The minimum absolute atomic E-state index is 0.311. The summed E-state index contributed by atoms with van der Waals surface area (Å²) in [6.07, 6.45) is 2.46. The molecule has 0 amide bonds. The molecule has 2 aliphatic rings. The maximum atomic E-state index is 5.52. The van der Waals surface area contributed by atoms with Gasteiger partial charge in [-0.1, -0.05) is 0 Å². The molecule has 2 heterocycles. The first-order valence-corrected chi connectivity index (χ1v) is 5.77. The van der Waals surface area contributed by atoms with Crippen LogP contribution in [0.15, 0.2) is 0 Å². The predicted octanol–water partition coefficient (Wildman–Crippen LogP) is 0.849. The molecule has 3 heteroatoms. The van der Waals surface area contributed by atoms with Crippen molar-refractivity contribution in [1.82, 2.24) is 10.2 Å². The second kappa shape index (κ2) is 4.17. The Kier molecular flexibility index (Phi) is 3.10. The third-order valence-electron chi connectivity index (χ3n) is 3.67. The van der Waals surface area contributed by atoms with E-state index in [0.29, 0.717) is 11.6 Å². The Morgan fingerprint density at radius 2 is 2.29 bits per heavy atom. The fourth-order valence-electron chi connectivity index (χ4n) is 2.45. The summed E-state index contributed by atoms with van der Waals surface area (Å²) >= 11 is 0. The molecule has 2 rings (SSSR count). The SMILES string of the molecule is CC1CCN(C2(C)CCOC2)CCN1. The highest BCUT2D eigenvalue weighted by Gasteiger charge is 2.36. The molecule has 0 aliphatic carbocycles. The molecule has 2 unspecified atom stereocenters. The lowest BCUT2D eigenvalue weighted by Crippen LogP contribution is -2.48. The molecule has 82 valence electrons. The standard InChI is InChI=1S/C11H22N2O/c1-10-3-6-13(7-5-12-10)11(2)4-8-14-9-11/h10,12H,3-9H2,1-2H3. The van der Waals surface area contributed by atoms with Crippen LogP contribution in [0, 0.1) is 0 Å². The van der Waals surface area contributed by atoms with Crippen LogP contribution in [0.4, 0.5) is 0 Å². The van der Waals surface area contributed by atoms with Crippen LogP contribution in [-0.4, -0.2) is 49.3 Å². The molecule has 14 heavy (non-hydrogen) atoms. The lowest BCUT2D eigenvalue weighted by atomic mass is 9.98. The maximum Gasteiger partial charge on any atom is 0.0648 e. The van der Waals surface area contributed by atoms with Gasteiger partial charge in [0.05, 0.1) is 6.61 Å². The molecule has 0 radical (unpaired) electrons. The number of nitrogens with zero attached hydrogens (tertiary/aromatic N) is 1. The van der Waals surface area contributed by atoms with E-state index in [9.17, 15) is 0 Å². The second-order valence-electron chi connectivity index (χ2n) is 4.93. The van der Waals surface area contributed by atoms with Crippen molar-refractivity contribution in [2.75, 3.05) is 32.8 Å². The van der Waals surface area contributed by atoms with E-state index >= 15 is 0 Å². The molecule has 2 saturated heterocycles. The van der Waals surface area contributed by atoms with Gasteiger partial charge in [0.15, 0.2) is 0 Å². The van der Waals surface area contributed by atoms with Crippen molar-refractivity contribution < 1.29 is 4.74 Å². The van der Waals surface area contributed by atoms with Gasteiger partial charge in [-0.25, -0.2) is 0 Å². The Morgan fingerprint density at radius 3 is 3.00 bits per heavy atom. The molecule has 0 spiro atoms. The Morgan fingerprint density at radius 1 is 1.43 bits per heavy atom. The smallest absolute Gasteiger partial charge is 0.0648 e. The summed E-state index contributed by atoms with van der Waals surface area (Å²) in [7, 11) is 0. The summed E-state index contributed by atoms with van der Waals surface area (Å²) in [6.45, 7) is 9.99. The number of hydrogen-bond donors (Lipinski definition) is 1. The molecule has 2 atom stereocenters. The fourth-order valence-corrected chi connectivity index (χ4v) is 2.45. The minimum atomic E-state index is 0.311. The first-order valence-electron chi connectivity index (χ1n) is 5.77. The van der Waals surface area contributed by atoms with Gasteiger partial charge in [0.25, 0.3) is 0 Å². The second-order valence-corrected chi connectivity index (χ2v) is 4.93. The highest BCUT2D eigenvalue weighted by molar-refractivity contribution is 4.91. The quantitative estimate of drug-likeness (QED) is 0.676. The zero-order chi connectivity index (χ0) is 10.0. The number of nitrogens with one attached hydrogen (secondary N) is 1. The van der Waals surface area contributed by atoms with Crippen molar-refractivity contribution in [2.45, 2.75) is 38.3 Å². The number of hydrogen-bond acceptors (Lipinski definition) is 3. The van der Waals surface area contributed by atoms with Crippen LogP contribution in [-0.2, 0) is 4.74 Å². The highest BCUT2D eigenvalue weighted by Crippen LogP contribution is 2.26. The summed E-state index contributed by atoms with van der Waals surface area (Å²) in [5.74, 6) is 0. The van der Waals surface area contributed by atoms with E-state index in [4.69, 9.17) is 4.74 Å². The van der Waals surface area contributed by atoms with E-state index in [1.165, 1.54) is 25.9 Å². The summed E-state index contributed by atoms with van der Waals surface area (Å²) in [5, 5.41) is 3.53. The Labute approximate surface area is 86.8 Å². The lowest BCUT2D eigenvalue weighted by molar-refractivity contribution is 0.0846. The topological polar surface area (TPSA) is 24.5 Å². The van der Waals surface area contributed by atoms with Gasteiger partial charge >= 0.3 is 0 Å². The van der Waals surface area contributed by atoms with Crippen LogP contribution in [0.25, 0.3) is 0 Å². The van der Waals surface area contributed by atoms with Gasteiger partial charge in [-0.2, -0.15) is 0 Å². The molecular weight excluding hydrogens is 176 g/mol. The molecule has 1 N–H and O–H groups in total. The van der Waals surface area contributed by atoms with E-state index < -0.39 is 0 Å². The lowest BCUT2D eigenvalue weighted by Gasteiger charge is -2.36. The monoisotopic (exact) mass is 198 g/mol. The Balaban J connectivity index is 1.95. The van der Waals surface area contributed by atoms with Crippen LogP contribution in [0.3, 0.4) is 0 Å². The van der Waals surface area contributed by atoms with E-state index in [0.717, 1.165) is 19.8 Å². The van der Waals surface area contributed by atoms with E-state index in [1.807, 2.05) is 0 Å². The van der Waals surface area contributed by atoms with Gasteiger partial charge in [-0.3, -0.25) is 4.90 Å². The number of rotatable bonds is 1. The molecule has 0 saturated carbocycles. The summed E-state index contributed by atoms with van der Waals surface area (Å²) < 4.78 is 5.52. The van der Waals surface area contributed by atoms with Gasteiger partial charge in [-0.05, 0) is 26.7 Å². The van der Waals surface area contributed by atoms with Gasteiger partial charge in [-0.15, -0.1) is 0 Å². The van der Waals surface area contributed by atoms with Crippen molar-refractivity contribution >= 4 is 0 Å². The first kappa shape index (κ1) is 10.4. The third kappa shape index (κ3) is 2.10. The molecule has 0 bridgehead atoms. The molecule has 0 aromatic carbocycles. The van der Waals surface area contributed by atoms with Crippen molar-refractivity contribution in [3.63, 3.8) is 0 Å². The van der Waals surface area contributed by atoms with Crippen molar-refractivity contribution in [3.8, 4) is 0 Å². The van der Waals surface area contributed by atoms with Crippen molar-refractivity contribution in [2.24, 2.45) is 0 Å². The van der Waals surface area contributed by atoms with Gasteiger partial charge in [0.1, 0.15) is 0 Å². The summed E-state index contributed by atoms with van der Waals surface area (Å²) in [5.41, 5.74) is 0.311. The van der Waals surface area contributed by atoms with Crippen LogP contribution in [0.2, 0.25) is 0 Å². The molecule has 2 fully saturated rings. The van der Waals surface area contributed by atoms with E-state index in [-0.39, 0.29) is 0 Å². The minimum Gasteiger partial charge on any atom is -0.379 e. The Hall–Kier alpha value is -0.120. The first-order chi connectivity index (χ1) is 6.71. The van der Waals surface area contributed by atoms with Crippen LogP contribution in [0.5, 0.6) is 0 Å². The van der Waals surface area contributed by atoms with Crippen molar-refractivity contribution in [1.29, 1.82) is 0 Å². The van der Waals surface area contributed by atoms with Gasteiger partial charge < -0.3 is 10.1 Å². The van der Waals surface area contributed by atoms with Gasteiger partial charge in [0, 0.05) is 37.8 Å². The van der Waals surface area contributed by atoms with Crippen LogP contribution >= 0.6 is 0 Å². The van der Waals surface area contributed by atoms with E-state index in [1.54, 1.807) is 0 Å². The van der Waals surface area contributed by atoms with Gasteiger partial charge in [0.2, 0.25) is 0 Å². The van der Waals surface area contributed by atoms with E-state index in [2.05, 4.69) is 24.1 Å². The molecule has 2 aliphatic heterocycles.